The first-order valence-electron chi connectivity index (χ1n) is 4.90. The highest BCUT2D eigenvalue weighted by molar-refractivity contribution is 5.69. The molecule has 16 heavy (non-hydrogen) atoms. The van der Waals surface area contributed by atoms with Crippen LogP contribution >= 0.6 is 0 Å². The Bertz CT molecular complexity index is 535. The van der Waals surface area contributed by atoms with E-state index in [1.54, 1.807) is 12.1 Å². The second-order valence-corrected chi connectivity index (χ2v) is 3.67. The number of nitrogen functional groups attached to an aromatic ring is 1. The number of halogens is 2. The Hall–Kier alpha value is -1.90. The van der Waals surface area contributed by atoms with E-state index in [9.17, 15) is 8.78 Å². The van der Waals surface area contributed by atoms with Crippen molar-refractivity contribution < 1.29 is 8.78 Å². The number of hydrogen-bond acceptors (Lipinski definition) is 1. The van der Waals surface area contributed by atoms with Crippen molar-refractivity contribution in [1.82, 2.24) is 0 Å². The standard InChI is InChI=1S/C13H11F2N/c1-8-4-2-3-5-9(8)10-6-12(15)13(16)7-11(10)14/h2-7H,16H2,1H3. The minimum absolute atomic E-state index is 0.171. The SMILES string of the molecule is Cc1ccccc1-c1cc(F)c(N)cc1F. The summed E-state index contributed by atoms with van der Waals surface area (Å²) in [6, 6.07) is 9.39. The predicted octanol–water partition coefficient (Wildman–Crippen LogP) is 3.52. The first kappa shape index (κ1) is 10.6. The third-order valence-electron chi connectivity index (χ3n) is 2.52. The predicted molar refractivity (Wildman–Crippen MR) is 60.9 cm³/mol. The lowest BCUT2D eigenvalue weighted by Crippen LogP contribution is -1.95. The molecule has 0 spiro atoms. The van der Waals surface area contributed by atoms with Crippen LogP contribution in [0.1, 0.15) is 5.56 Å². The van der Waals surface area contributed by atoms with Crippen LogP contribution in [0, 0.1) is 18.6 Å². The van der Waals surface area contributed by atoms with Crippen molar-refractivity contribution in [3.63, 3.8) is 0 Å². The van der Waals surface area contributed by atoms with Crippen molar-refractivity contribution in [1.29, 1.82) is 0 Å². The number of aryl methyl sites for hydroxylation is 1. The number of rotatable bonds is 1. The van der Waals surface area contributed by atoms with Gasteiger partial charge in [0.1, 0.15) is 11.6 Å². The Kier molecular flexibility index (Phi) is 2.60. The van der Waals surface area contributed by atoms with Gasteiger partial charge in [-0.2, -0.15) is 0 Å². The van der Waals surface area contributed by atoms with E-state index in [4.69, 9.17) is 5.73 Å². The summed E-state index contributed by atoms with van der Waals surface area (Å²) < 4.78 is 26.9. The van der Waals surface area contributed by atoms with Crippen LogP contribution in [0.15, 0.2) is 36.4 Å². The molecule has 82 valence electrons. The molecule has 0 saturated carbocycles. The van der Waals surface area contributed by atoms with E-state index in [2.05, 4.69) is 0 Å². The van der Waals surface area contributed by atoms with Crippen LogP contribution in [-0.4, -0.2) is 0 Å². The lowest BCUT2D eigenvalue weighted by molar-refractivity contribution is 0.607. The summed E-state index contributed by atoms with van der Waals surface area (Å²) in [7, 11) is 0. The molecule has 0 aliphatic heterocycles. The zero-order chi connectivity index (χ0) is 11.7. The van der Waals surface area contributed by atoms with Crippen molar-refractivity contribution >= 4 is 5.69 Å². The highest BCUT2D eigenvalue weighted by atomic mass is 19.1. The largest absolute Gasteiger partial charge is 0.396 e. The van der Waals surface area contributed by atoms with Crippen LogP contribution in [0.4, 0.5) is 14.5 Å². The van der Waals surface area contributed by atoms with Crippen LogP contribution in [0.2, 0.25) is 0 Å². The molecule has 2 aromatic rings. The normalized spacial score (nSPS) is 10.4. The van der Waals surface area contributed by atoms with Crippen LogP contribution in [0.25, 0.3) is 11.1 Å². The van der Waals surface area contributed by atoms with Gasteiger partial charge in [0.05, 0.1) is 5.69 Å². The lowest BCUT2D eigenvalue weighted by Gasteiger charge is -2.08. The van der Waals surface area contributed by atoms with Crippen LogP contribution < -0.4 is 5.73 Å². The fourth-order valence-corrected chi connectivity index (χ4v) is 1.64. The van der Waals surface area contributed by atoms with E-state index in [1.807, 2.05) is 19.1 Å². The Morgan fingerprint density at radius 1 is 0.938 bits per heavy atom. The maximum absolute atomic E-state index is 13.6. The summed E-state index contributed by atoms with van der Waals surface area (Å²) in [5, 5.41) is 0. The molecule has 0 fully saturated rings. The van der Waals surface area contributed by atoms with Gasteiger partial charge in [-0.05, 0) is 24.1 Å². The van der Waals surface area contributed by atoms with Crippen molar-refractivity contribution in [3.8, 4) is 11.1 Å². The van der Waals surface area contributed by atoms with Gasteiger partial charge >= 0.3 is 0 Å². The number of nitrogens with two attached hydrogens (primary N) is 1. The molecule has 1 nitrogen and oxygen atoms in total. The number of anilines is 1. The fraction of sp³-hybridized carbons (Fsp3) is 0.0769. The van der Waals surface area contributed by atoms with Crippen molar-refractivity contribution in [2.75, 3.05) is 5.73 Å². The molecule has 0 radical (unpaired) electrons. The molecule has 0 saturated heterocycles. The molecule has 3 heteroatoms. The third kappa shape index (κ3) is 1.76. The summed E-state index contributed by atoms with van der Waals surface area (Å²) in [5.41, 5.74) is 6.93. The molecule has 0 aliphatic rings. The molecule has 0 bridgehead atoms. The second-order valence-electron chi connectivity index (χ2n) is 3.67. The van der Waals surface area contributed by atoms with E-state index in [-0.39, 0.29) is 11.3 Å². The molecule has 2 N–H and O–H groups in total. The van der Waals surface area contributed by atoms with Gasteiger partial charge in [0.2, 0.25) is 0 Å². The van der Waals surface area contributed by atoms with E-state index in [0.29, 0.717) is 5.56 Å². The molecular formula is C13H11F2N. The highest BCUT2D eigenvalue weighted by Gasteiger charge is 2.11. The monoisotopic (exact) mass is 219 g/mol. The highest BCUT2D eigenvalue weighted by Crippen LogP contribution is 2.28. The maximum Gasteiger partial charge on any atom is 0.146 e. The quantitative estimate of drug-likeness (QED) is 0.729. The summed E-state index contributed by atoms with van der Waals surface area (Å²) in [5.74, 6) is -1.10. The Morgan fingerprint density at radius 3 is 2.31 bits per heavy atom. The zero-order valence-electron chi connectivity index (χ0n) is 8.80. The Morgan fingerprint density at radius 2 is 1.62 bits per heavy atom. The molecular weight excluding hydrogens is 208 g/mol. The van der Waals surface area contributed by atoms with Gasteiger partial charge in [-0.25, -0.2) is 8.78 Å². The molecule has 0 unspecified atom stereocenters. The first-order valence-corrected chi connectivity index (χ1v) is 4.90. The molecule has 2 aromatic carbocycles. The average Bonchev–Trinajstić information content (AvgIpc) is 2.25. The van der Waals surface area contributed by atoms with Gasteiger partial charge in [0, 0.05) is 11.6 Å². The Labute approximate surface area is 92.5 Å². The summed E-state index contributed by atoms with van der Waals surface area (Å²) >= 11 is 0. The van der Waals surface area contributed by atoms with E-state index < -0.39 is 11.6 Å². The minimum Gasteiger partial charge on any atom is -0.396 e. The van der Waals surface area contributed by atoms with Crippen LogP contribution in [-0.2, 0) is 0 Å². The first-order chi connectivity index (χ1) is 7.59. The summed E-state index contributed by atoms with van der Waals surface area (Å²) in [4.78, 5) is 0. The summed E-state index contributed by atoms with van der Waals surface area (Å²) in [6.45, 7) is 1.85. The molecule has 0 aliphatic carbocycles. The smallest absolute Gasteiger partial charge is 0.146 e. The van der Waals surface area contributed by atoms with E-state index in [0.717, 1.165) is 17.7 Å². The van der Waals surface area contributed by atoms with E-state index >= 15 is 0 Å². The molecule has 0 heterocycles. The molecule has 2 rings (SSSR count). The van der Waals surface area contributed by atoms with Gasteiger partial charge in [-0.15, -0.1) is 0 Å². The van der Waals surface area contributed by atoms with Gasteiger partial charge in [-0.1, -0.05) is 24.3 Å². The summed E-state index contributed by atoms with van der Waals surface area (Å²) in [6.07, 6.45) is 0. The lowest BCUT2D eigenvalue weighted by atomic mass is 10.00. The van der Waals surface area contributed by atoms with Crippen molar-refractivity contribution in [2.24, 2.45) is 0 Å². The van der Waals surface area contributed by atoms with Crippen LogP contribution in [0.3, 0.4) is 0 Å². The zero-order valence-corrected chi connectivity index (χ0v) is 8.80. The van der Waals surface area contributed by atoms with Gasteiger partial charge in [0.25, 0.3) is 0 Å². The molecule has 0 atom stereocenters. The fourth-order valence-electron chi connectivity index (χ4n) is 1.64. The minimum atomic E-state index is -0.598. The topological polar surface area (TPSA) is 26.0 Å². The van der Waals surface area contributed by atoms with Crippen LogP contribution in [0.5, 0.6) is 0 Å². The third-order valence-corrected chi connectivity index (χ3v) is 2.52. The molecule has 0 aromatic heterocycles. The molecule has 0 amide bonds. The maximum atomic E-state index is 13.6. The van der Waals surface area contributed by atoms with E-state index in [1.165, 1.54) is 0 Å². The van der Waals surface area contributed by atoms with Gasteiger partial charge < -0.3 is 5.73 Å². The van der Waals surface area contributed by atoms with Crippen molar-refractivity contribution in [3.05, 3.63) is 53.6 Å². The Balaban J connectivity index is 2.65. The number of hydrogen-bond donors (Lipinski definition) is 1. The average molecular weight is 219 g/mol. The number of benzene rings is 2. The van der Waals surface area contributed by atoms with Crippen molar-refractivity contribution in [2.45, 2.75) is 6.92 Å². The van der Waals surface area contributed by atoms with Gasteiger partial charge in [-0.3, -0.25) is 0 Å². The second kappa shape index (κ2) is 3.93. The van der Waals surface area contributed by atoms with Gasteiger partial charge in [0.15, 0.2) is 0 Å².